The highest BCUT2D eigenvalue weighted by Gasteiger charge is 2.28. The standard InChI is InChI=1S/C14H21NO3S/c1-3-15(10-13-8-9-18-11-13)19(16,17)14-7-5-4-6-12(14)2/h4-7,13H,3,8-11H2,1-2H3. The van der Waals surface area contributed by atoms with E-state index in [2.05, 4.69) is 0 Å². The first-order valence-electron chi connectivity index (χ1n) is 6.69. The van der Waals surface area contributed by atoms with Crippen LogP contribution in [-0.2, 0) is 14.8 Å². The Bertz CT molecular complexity index is 521. The van der Waals surface area contributed by atoms with Crippen molar-refractivity contribution in [2.24, 2.45) is 5.92 Å². The Labute approximate surface area is 115 Å². The van der Waals surface area contributed by atoms with Crippen LogP contribution >= 0.6 is 0 Å². The third-order valence-electron chi connectivity index (χ3n) is 3.55. The van der Waals surface area contributed by atoms with Crippen molar-refractivity contribution in [3.8, 4) is 0 Å². The number of sulfonamides is 1. The van der Waals surface area contributed by atoms with Gasteiger partial charge in [-0.15, -0.1) is 0 Å². The van der Waals surface area contributed by atoms with Crippen LogP contribution in [-0.4, -0.2) is 39.0 Å². The quantitative estimate of drug-likeness (QED) is 0.831. The molecule has 0 saturated carbocycles. The number of ether oxygens (including phenoxy) is 1. The minimum atomic E-state index is -3.39. The van der Waals surface area contributed by atoms with Crippen LogP contribution in [0.5, 0.6) is 0 Å². The Kier molecular flexibility index (Phi) is 4.60. The zero-order chi connectivity index (χ0) is 13.9. The van der Waals surface area contributed by atoms with Gasteiger partial charge in [-0.2, -0.15) is 4.31 Å². The van der Waals surface area contributed by atoms with E-state index >= 15 is 0 Å². The molecule has 0 aliphatic carbocycles. The summed E-state index contributed by atoms with van der Waals surface area (Å²) < 4.78 is 32.2. The molecule has 0 spiro atoms. The lowest BCUT2D eigenvalue weighted by molar-refractivity contribution is 0.181. The second kappa shape index (κ2) is 6.03. The summed E-state index contributed by atoms with van der Waals surface area (Å²) in [5.41, 5.74) is 0.795. The molecule has 1 heterocycles. The fourth-order valence-corrected chi connectivity index (χ4v) is 4.15. The topological polar surface area (TPSA) is 46.6 Å². The van der Waals surface area contributed by atoms with Gasteiger partial charge in [0.15, 0.2) is 0 Å². The summed E-state index contributed by atoms with van der Waals surface area (Å²) in [5, 5.41) is 0. The van der Waals surface area contributed by atoms with E-state index in [0.29, 0.717) is 30.5 Å². The van der Waals surface area contributed by atoms with Crippen LogP contribution in [0.25, 0.3) is 0 Å². The van der Waals surface area contributed by atoms with Gasteiger partial charge in [0, 0.05) is 19.7 Å². The highest BCUT2D eigenvalue weighted by atomic mass is 32.2. The van der Waals surface area contributed by atoms with Gasteiger partial charge in [0.2, 0.25) is 10.0 Å². The molecule has 19 heavy (non-hydrogen) atoms. The summed E-state index contributed by atoms with van der Waals surface area (Å²) in [5.74, 6) is 0.318. The van der Waals surface area contributed by atoms with E-state index < -0.39 is 10.0 Å². The number of nitrogens with zero attached hydrogens (tertiary/aromatic N) is 1. The Hall–Kier alpha value is -0.910. The van der Waals surface area contributed by atoms with Gasteiger partial charge in [-0.3, -0.25) is 0 Å². The summed E-state index contributed by atoms with van der Waals surface area (Å²) in [4.78, 5) is 0.413. The monoisotopic (exact) mass is 283 g/mol. The van der Waals surface area contributed by atoms with Crippen LogP contribution in [0, 0.1) is 12.8 Å². The molecule has 1 fully saturated rings. The second-order valence-corrected chi connectivity index (χ2v) is 6.86. The molecule has 0 N–H and O–H groups in total. The van der Waals surface area contributed by atoms with E-state index in [4.69, 9.17) is 4.74 Å². The van der Waals surface area contributed by atoms with Gasteiger partial charge >= 0.3 is 0 Å². The molecule has 4 nitrogen and oxygen atoms in total. The third-order valence-corrected chi connectivity index (χ3v) is 5.65. The molecule has 1 aliphatic rings. The van der Waals surface area contributed by atoms with E-state index in [1.165, 1.54) is 0 Å². The van der Waals surface area contributed by atoms with Crippen molar-refractivity contribution in [2.45, 2.75) is 25.2 Å². The minimum Gasteiger partial charge on any atom is -0.381 e. The van der Waals surface area contributed by atoms with Crippen molar-refractivity contribution in [2.75, 3.05) is 26.3 Å². The fourth-order valence-electron chi connectivity index (χ4n) is 2.40. The number of aryl methyl sites for hydroxylation is 1. The molecule has 1 saturated heterocycles. The molecule has 0 amide bonds. The van der Waals surface area contributed by atoms with Gasteiger partial charge in [-0.1, -0.05) is 25.1 Å². The van der Waals surface area contributed by atoms with Crippen LogP contribution in [0.4, 0.5) is 0 Å². The third kappa shape index (κ3) is 3.16. The second-order valence-electron chi connectivity index (χ2n) is 4.95. The van der Waals surface area contributed by atoms with Crippen molar-refractivity contribution in [3.05, 3.63) is 29.8 Å². The molecule has 0 radical (unpaired) electrons. The first kappa shape index (κ1) is 14.5. The Morgan fingerprint density at radius 1 is 1.37 bits per heavy atom. The average Bonchev–Trinajstić information content (AvgIpc) is 2.89. The van der Waals surface area contributed by atoms with Gasteiger partial charge in [-0.25, -0.2) is 8.42 Å². The summed E-state index contributed by atoms with van der Waals surface area (Å²) in [6, 6.07) is 7.14. The lowest BCUT2D eigenvalue weighted by Crippen LogP contribution is -2.35. The van der Waals surface area contributed by atoms with E-state index in [-0.39, 0.29) is 0 Å². The lowest BCUT2D eigenvalue weighted by Gasteiger charge is -2.23. The summed E-state index contributed by atoms with van der Waals surface area (Å²) >= 11 is 0. The van der Waals surface area contributed by atoms with Gasteiger partial charge in [0.1, 0.15) is 0 Å². The zero-order valence-corrected chi connectivity index (χ0v) is 12.3. The molecule has 0 aromatic heterocycles. The maximum atomic E-state index is 12.7. The Morgan fingerprint density at radius 3 is 2.68 bits per heavy atom. The van der Waals surface area contributed by atoms with E-state index in [1.54, 1.807) is 16.4 Å². The van der Waals surface area contributed by atoms with Gasteiger partial charge in [0.05, 0.1) is 11.5 Å². The maximum Gasteiger partial charge on any atom is 0.243 e. The SMILES string of the molecule is CCN(CC1CCOC1)S(=O)(=O)c1ccccc1C. The van der Waals surface area contributed by atoms with Crippen molar-refractivity contribution < 1.29 is 13.2 Å². The molecular formula is C14H21NO3S. The van der Waals surface area contributed by atoms with Crippen LogP contribution in [0.3, 0.4) is 0 Å². The van der Waals surface area contributed by atoms with Crippen molar-refractivity contribution in [1.82, 2.24) is 4.31 Å². The highest BCUT2D eigenvalue weighted by molar-refractivity contribution is 7.89. The average molecular weight is 283 g/mol. The number of hydrogen-bond acceptors (Lipinski definition) is 3. The van der Waals surface area contributed by atoms with Crippen LogP contribution in [0.15, 0.2) is 29.2 Å². The lowest BCUT2D eigenvalue weighted by atomic mass is 10.1. The Morgan fingerprint density at radius 2 is 2.11 bits per heavy atom. The molecule has 2 rings (SSSR count). The van der Waals surface area contributed by atoms with Gasteiger partial charge in [0.25, 0.3) is 0 Å². The predicted octanol–water partition coefficient (Wildman–Crippen LogP) is 2.04. The zero-order valence-electron chi connectivity index (χ0n) is 11.5. The molecule has 1 aromatic rings. The van der Waals surface area contributed by atoms with Crippen LogP contribution < -0.4 is 0 Å². The Balaban J connectivity index is 2.23. The van der Waals surface area contributed by atoms with Crippen molar-refractivity contribution in [3.63, 3.8) is 0 Å². The van der Waals surface area contributed by atoms with E-state index in [1.807, 2.05) is 26.0 Å². The normalized spacial score (nSPS) is 20.1. The van der Waals surface area contributed by atoms with E-state index in [0.717, 1.165) is 18.6 Å². The summed E-state index contributed by atoms with van der Waals surface area (Å²) in [6.45, 7) is 6.16. The fraction of sp³-hybridized carbons (Fsp3) is 0.571. The number of rotatable bonds is 5. The number of hydrogen-bond donors (Lipinski definition) is 0. The molecule has 0 bridgehead atoms. The van der Waals surface area contributed by atoms with Crippen LogP contribution in [0.1, 0.15) is 18.9 Å². The summed E-state index contributed by atoms with van der Waals surface area (Å²) in [7, 11) is -3.39. The largest absolute Gasteiger partial charge is 0.381 e. The predicted molar refractivity (Wildman–Crippen MR) is 74.5 cm³/mol. The minimum absolute atomic E-state index is 0.318. The maximum absolute atomic E-state index is 12.7. The first-order valence-corrected chi connectivity index (χ1v) is 8.13. The van der Waals surface area contributed by atoms with E-state index in [9.17, 15) is 8.42 Å². The van der Waals surface area contributed by atoms with Gasteiger partial charge < -0.3 is 4.74 Å². The molecule has 1 unspecified atom stereocenters. The van der Waals surface area contributed by atoms with Crippen molar-refractivity contribution >= 4 is 10.0 Å². The molecule has 106 valence electrons. The highest BCUT2D eigenvalue weighted by Crippen LogP contribution is 2.22. The molecule has 1 aliphatic heterocycles. The summed E-state index contributed by atoms with van der Waals surface area (Å²) in [6.07, 6.45) is 0.944. The first-order chi connectivity index (χ1) is 9.05. The molecule has 1 aromatic carbocycles. The number of benzene rings is 1. The van der Waals surface area contributed by atoms with Crippen LogP contribution in [0.2, 0.25) is 0 Å². The van der Waals surface area contributed by atoms with Crippen molar-refractivity contribution in [1.29, 1.82) is 0 Å². The van der Waals surface area contributed by atoms with Gasteiger partial charge in [-0.05, 0) is 30.9 Å². The molecule has 1 atom stereocenters. The molecular weight excluding hydrogens is 262 g/mol. The molecule has 5 heteroatoms. The smallest absolute Gasteiger partial charge is 0.243 e.